The molecule has 1 atom stereocenters. The summed E-state index contributed by atoms with van der Waals surface area (Å²) in [5, 5.41) is 19.9. The fourth-order valence-electron chi connectivity index (χ4n) is 4.51. The van der Waals surface area contributed by atoms with Gasteiger partial charge in [-0.3, -0.25) is 14.9 Å². The number of aliphatic hydroxyl groups is 1. The van der Waals surface area contributed by atoms with Gasteiger partial charge >= 0.3 is 0 Å². The maximum absolute atomic E-state index is 11.3. The molecule has 4 N–H and O–H groups in total. The van der Waals surface area contributed by atoms with Crippen LogP contribution in [0, 0.1) is 0 Å². The van der Waals surface area contributed by atoms with E-state index in [4.69, 9.17) is 16.8 Å². The Kier molecular flexibility index (Phi) is 6.73. The molecule has 1 aromatic heterocycles. The molecule has 0 bridgehead atoms. The third-order valence-electron chi connectivity index (χ3n) is 6.00. The van der Waals surface area contributed by atoms with Crippen LogP contribution >= 0.6 is 11.6 Å². The number of carbonyl (C=O) groups excluding carboxylic acids is 1. The van der Waals surface area contributed by atoms with Gasteiger partial charge in [-0.1, -0.05) is 41.9 Å². The van der Waals surface area contributed by atoms with Crippen LogP contribution in [0.2, 0.25) is 0 Å². The molecule has 7 heteroatoms. The second kappa shape index (κ2) is 9.66. The topological polar surface area (TPSA) is 88.6 Å². The molecule has 31 heavy (non-hydrogen) atoms. The summed E-state index contributed by atoms with van der Waals surface area (Å²) in [5.74, 6) is -0.658. The molecule has 6 nitrogen and oxygen atoms in total. The highest BCUT2D eigenvalue weighted by molar-refractivity contribution is 6.50. The van der Waals surface area contributed by atoms with Gasteiger partial charge in [0.05, 0.1) is 11.6 Å². The number of hydrogen-bond acceptors (Lipinski definition) is 4. The number of fused-ring (bicyclic) bond motifs is 2. The van der Waals surface area contributed by atoms with Crippen LogP contribution in [-0.4, -0.2) is 45.8 Å². The predicted octanol–water partition coefficient (Wildman–Crippen LogP) is 3.78. The van der Waals surface area contributed by atoms with Crippen molar-refractivity contribution in [2.24, 2.45) is 0 Å². The number of hydroxylamine groups is 1. The summed E-state index contributed by atoms with van der Waals surface area (Å²) in [5.41, 5.74) is 7.18. The number of halogens is 1. The van der Waals surface area contributed by atoms with Crippen LogP contribution in [-0.2, 0) is 17.6 Å². The number of hydrogen-bond donors (Lipinski definition) is 4. The molecule has 1 aliphatic rings. The lowest BCUT2D eigenvalue weighted by Crippen LogP contribution is -2.32. The highest BCUT2D eigenvalue weighted by Gasteiger charge is 2.28. The standard InChI is InChI=1S/C24H26ClN3O3/c25-21(14-24(30)27-31)17-5-7-20-16(13-17)6-8-23(20)28(11-12-29)10-9-18-15-26-22-4-2-1-3-19(18)22/h1-5,7,13-15,23,26,29,31H,6,8-12H2,(H,27,30). The number of nitrogens with zero attached hydrogens (tertiary/aromatic N) is 1. The molecule has 3 aromatic rings. The molecule has 0 saturated carbocycles. The average molecular weight is 440 g/mol. The Balaban J connectivity index is 1.51. The zero-order chi connectivity index (χ0) is 21.8. The van der Waals surface area contributed by atoms with Crippen molar-refractivity contribution >= 4 is 33.4 Å². The zero-order valence-corrected chi connectivity index (χ0v) is 17.9. The Hall–Kier alpha value is -2.64. The van der Waals surface area contributed by atoms with Crippen LogP contribution in [0.15, 0.2) is 54.7 Å². The molecule has 1 aliphatic carbocycles. The fourth-order valence-corrected chi connectivity index (χ4v) is 4.72. The Morgan fingerprint density at radius 2 is 2.10 bits per heavy atom. The highest BCUT2D eigenvalue weighted by atomic mass is 35.5. The van der Waals surface area contributed by atoms with Gasteiger partial charge in [0, 0.05) is 42.3 Å². The molecule has 0 spiro atoms. The van der Waals surface area contributed by atoms with Crippen molar-refractivity contribution in [3.63, 3.8) is 0 Å². The first kappa shape index (κ1) is 21.6. The lowest BCUT2D eigenvalue weighted by molar-refractivity contribution is -0.124. The first-order valence-electron chi connectivity index (χ1n) is 10.4. The smallest absolute Gasteiger partial charge is 0.268 e. The predicted molar refractivity (Wildman–Crippen MR) is 122 cm³/mol. The van der Waals surface area contributed by atoms with Crippen molar-refractivity contribution in [3.8, 4) is 0 Å². The van der Waals surface area contributed by atoms with Gasteiger partial charge in [0.1, 0.15) is 0 Å². The summed E-state index contributed by atoms with van der Waals surface area (Å²) in [4.78, 5) is 17.0. The molecule has 2 aromatic carbocycles. The van der Waals surface area contributed by atoms with E-state index in [-0.39, 0.29) is 17.7 Å². The molecule has 0 aliphatic heterocycles. The third kappa shape index (κ3) is 4.67. The van der Waals surface area contributed by atoms with E-state index in [0.29, 0.717) is 6.54 Å². The highest BCUT2D eigenvalue weighted by Crippen LogP contribution is 2.37. The molecule has 4 rings (SSSR count). The van der Waals surface area contributed by atoms with Gasteiger partial charge in [0.15, 0.2) is 0 Å². The number of rotatable bonds is 8. The van der Waals surface area contributed by atoms with Gasteiger partial charge in [0.2, 0.25) is 0 Å². The van der Waals surface area contributed by atoms with E-state index in [1.54, 1.807) is 5.48 Å². The minimum Gasteiger partial charge on any atom is -0.395 e. The monoisotopic (exact) mass is 439 g/mol. The van der Waals surface area contributed by atoms with Crippen molar-refractivity contribution in [3.05, 3.63) is 77.0 Å². The van der Waals surface area contributed by atoms with E-state index in [0.717, 1.165) is 43.0 Å². The fraction of sp³-hybridized carbons (Fsp3) is 0.292. The zero-order valence-electron chi connectivity index (χ0n) is 17.1. The molecule has 1 amide bonds. The molecule has 0 radical (unpaired) electrons. The Labute approximate surface area is 186 Å². The van der Waals surface area contributed by atoms with Crippen molar-refractivity contribution in [2.75, 3.05) is 19.7 Å². The third-order valence-corrected chi connectivity index (χ3v) is 6.33. The van der Waals surface area contributed by atoms with Gasteiger partial charge in [-0.15, -0.1) is 0 Å². The first-order chi connectivity index (χ1) is 15.1. The minimum atomic E-state index is -0.658. The summed E-state index contributed by atoms with van der Waals surface area (Å²) in [6.07, 6.45) is 6.03. The molecule has 0 saturated heterocycles. The maximum Gasteiger partial charge on any atom is 0.268 e. The van der Waals surface area contributed by atoms with Crippen LogP contribution in [0.4, 0.5) is 0 Å². The number of nitrogens with one attached hydrogen (secondary N) is 2. The number of para-hydroxylation sites is 1. The van der Waals surface area contributed by atoms with Crippen LogP contribution < -0.4 is 5.48 Å². The van der Waals surface area contributed by atoms with Crippen molar-refractivity contribution in [2.45, 2.75) is 25.3 Å². The van der Waals surface area contributed by atoms with Gasteiger partial charge in [-0.25, -0.2) is 5.48 Å². The normalized spacial score (nSPS) is 16.1. The first-order valence-corrected chi connectivity index (χ1v) is 10.8. The Morgan fingerprint density at radius 1 is 1.26 bits per heavy atom. The summed E-state index contributed by atoms with van der Waals surface area (Å²) >= 11 is 6.23. The van der Waals surface area contributed by atoms with Gasteiger partial charge < -0.3 is 10.1 Å². The quantitative estimate of drug-likeness (QED) is 0.244. The summed E-state index contributed by atoms with van der Waals surface area (Å²) in [6, 6.07) is 14.5. The molecule has 0 fully saturated rings. The molecular formula is C24H26ClN3O3. The average Bonchev–Trinajstić information content (AvgIpc) is 3.40. The number of aromatic amines is 1. The number of amides is 1. The molecule has 1 unspecified atom stereocenters. The van der Waals surface area contributed by atoms with E-state index >= 15 is 0 Å². The number of benzene rings is 2. The van der Waals surface area contributed by atoms with Crippen molar-refractivity contribution < 1.29 is 15.1 Å². The van der Waals surface area contributed by atoms with Crippen LogP contribution in [0.1, 0.15) is 34.7 Å². The number of H-pyrrole nitrogens is 1. The SMILES string of the molecule is O=C(C=C(Cl)c1ccc2c(c1)CCC2N(CCO)CCc1c[nH]c2ccccc12)NO. The summed E-state index contributed by atoms with van der Waals surface area (Å²) in [6.45, 7) is 1.58. The van der Waals surface area contributed by atoms with Crippen molar-refractivity contribution in [1.29, 1.82) is 0 Å². The molecule has 162 valence electrons. The number of aromatic nitrogens is 1. The number of carbonyl (C=O) groups is 1. The van der Waals surface area contributed by atoms with Crippen LogP contribution in [0.25, 0.3) is 15.9 Å². The summed E-state index contributed by atoms with van der Waals surface area (Å²) in [7, 11) is 0. The largest absolute Gasteiger partial charge is 0.395 e. The van der Waals surface area contributed by atoms with Crippen LogP contribution in [0.3, 0.4) is 0 Å². The van der Waals surface area contributed by atoms with Gasteiger partial charge in [-0.2, -0.15) is 0 Å². The lowest BCUT2D eigenvalue weighted by atomic mass is 10.0. The Bertz CT molecular complexity index is 1110. The van der Waals surface area contributed by atoms with E-state index in [2.05, 4.69) is 40.3 Å². The second-order valence-electron chi connectivity index (χ2n) is 7.81. The van der Waals surface area contributed by atoms with Crippen molar-refractivity contribution in [1.82, 2.24) is 15.4 Å². The van der Waals surface area contributed by atoms with E-state index in [1.165, 1.54) is 22.1 Å². The van der Waals surface area contributed by atoms with E-state index < -0.39 is 5.91 Å². The number of aryl methyl sites for hydroxylation is 1. The van der Waals surface area contributed by atoms with E-state index in [9.17, 15) is 9.90 Å². The van der Waals surface area contributed by atoms with Gasteiger partial charge in [-0.05, 0) is 53.6 Å². The van der Waals surface area contributed by atoms with Crippen LogP contribution in [0.5, 0.6) is 0 Å². The molecule has 1 heterocycles. The summed E-state index contributed by atoms with van der Waals surface area (Å²) < 4.78 is 0. The van der Waals surface area contributed by atoms with Gasteiger partial charge in [0.25, 0.3) is 5.91 Å². The minimum absolute atomic E-state index is 0.114. The number of aliphatic hydroxyl groups excluding tert-OH is 1. The lowest BCUT2D eigenvalue weighted by Gasteiger charge is -2.29. The Morgan fingerprint density at radius 3 is 2.90 bits per heavy atom. The second-order valence-corrected chi connectivity index (χ2v) is 8.21. The molecular weight excluding hydrogens is 414 g/mol. The van der Waals surface area contributed by atoms with E-state index in [1.807, 2.05) is 18.2 Å². The maximum atomic E-state index is 11.3.